The first-order chi connectivity index (χ1) is 11.7. The molecule has 0 radical (unpaired) electrons. The summed E-state index contributed by atoms with van der Waals surface area (Å²) in [6.07, 6.45) is 7.10. The summed E-state index contributed by atoms with van der Waals surface area (Å²) < 4.78 is 19.3. The third kappa shape index (κ3) is 3.79. The zero-order chi connectivity index (χ0) is 16.9. The maximum absolute atomic E-state index is 14.0. The van der Waals surface area contributed by atoms with Crippen LogP contribution in [0.25, 0.3) is 5.70 Å². The van der Waals surface area contributed by atoms with E-state index in [1.165, 1.54) is 12.3 Å². The molecule has 24 heavy (non-hydrogen) atoms. The fourth-order valence-corrected chi connectivity index (χ4v) is 2.89. The zero-order valence-corrected chi connectivity index (χ0v) is 13.9. The van der Waals surface area contributed by atoms with Crippen molar-refractivity contribution in [3.63, 3.8) is 0 Å². The number of hydrogen-bond acceptors (Lipinski definition) is 4. The lowest BCUT2D eigenvalue weighted by atomic mass is 10.0. The Morgan fingerprint density at radius 3 is 2.75 bits per heavy atom. The normalized spacial score (nSPS) is 17.9. The van der Waals surface area contributed by atoms with E-state index in [9.17, 15) is 4.39 Å². The highest BCUT2D eigenvalue weighted by Gasteiger charge is 2.17. The van der Waals surface area contributed by atoms with Crippen molar-refractivity contribution in [1.29, 1.82) is 5.41 Å². The van der Waals surface area contributed by atoms with Gasteiger partial charge in [-0.25, -0.2) is 9.38 Å². The molecule has 0 amide bonds. The third-order valence-corrected chi connectivity index (χ3v) is 4.15. The SMILES string of the molecule is CCC/C(C=N)=C/C1=NC(c2cc(F)cc(N3CCOCC3)c2)=C1. The number of nitrogens with one attached hydrogen (secondary N) is 1. The molecule has 2 aliphatic rings. The van der Waals surface area contributed by atoms with Crippen LogP contribution in [0.3, 0.4) is 0 Å². The third-order valence-electron chi connectivity index (χ3n) is 4.15. The summed E-state index contributed by atoms with van der Waals surface area (Å²) in [5.74, 6) is -0.250. The Hall–Kier alpha value is -2.27. The second kappa shape index (κ2) is 7.53. The van der Waals surface area contributed by atoms with Crippen molar-refractivity contribution in [2.24, 2.45) is 4.99 Å². The molecule has 0 bridgehead atoms. The highest BCUT2D eigenvalue weighted by molar-refractivity contribution is 6.18. The van der Waals surface area contributed by atoms with Crippen molar-refractivity contribution in [3.8, 4) is 0 Å². The molecule has 0 spiro atoms. The van der Waals surface area contributed by atoms with Crippen LogP contribution in [-0.2, 0) is 4.74 Å². The van der Waals surface area contributed by atoms with E-state index >= 15 is 0 Å². The van der Waals surface area contributed by atoms with E-state index in [-0.39, 0.29) is 5.82 Å². The monoisotopic (exact) mass is 327 g/mol. The molecule has 5 heteroatoms. The number of allylic oxidation sites excluding steroid dienone is 3. The molecule has 126 valence electrons. The van der Waals surface area contributed by atoms with Crippen LogP contribution in [0.2, 0.25) is 0 Å². The molecule has 1 fully saturated rings. The Labute approximate surface area is 141 Å². The Morgan fingerprint density at radius 2 is 2.08 bits per heavy atom. The van der Waals surface area contributed by atoms with Gasteiger partial charge in [0.05, 0.1) is 24.6 Å². The summed E-state index contributed by atoms with van der Waals surface area (Å²) in [5.41, 5.74) is 4.25. The van der Waals surface area contributed by atoms with Crippen LogP contribution in [-0.4, -0.2) is 38.2 Å². The smallest absolute Gasteiger partial charge is 0.125 e. The van der Waals surface area contributed by atoms with Gasteiger partial charge in [-0.3, -0.25) is 0 Å². The van der Waals surface area contributed by atoms with Gasteiger partial charge < -0.3 is 15.0 Å². The number of morpholine rings is 1. The van der Waals surface area contributed by atoms with Crippen molar-refractivity contribution < 1.29 is 9.13 Å². The topological polar surface area (TPSA) is 48.7 Å². The summed E-state index contributed by atoms with van der Waals surface area (Å²) in [4.78, 5) is 6.61. The molecule has 0 saturated carbocycles. The average Bonchev–Trinajstić information content (AvgIpc) is 2.57. The number of nitrogens with zero attached hydrogens (tertiary/aromatic N) is 2. The first kappa shape index (κ1) is 16.6. The molecule has 2 heterocycles. The van der Waals surface area contributed by atoms with Crippen LogP contribution in [0.5, 0.6) is 0 Å². The van der Waals surface area contributed by atoms with E-state index < -0.39 is 0 Å². The molecular weight excluding hydrogens is 305 g/mol. The number of benzene rings is 1. The van der Waals surface area contributed by atoms with Crippen LogP contribution in [0.15, 0.2) is 40.9 Å². The number of rotatable bonds is 6. The zero-order valence-electron chi connectivity index (χ0n) is 13.9. The maximum atomic E-state index is 14.0. The fourth-order valence-electron chi connectivity index (χ4n) is 2.89. The minimum Gasteiger partial charge on any atom is -0.378 e. The van der Waals surface area contributed by atoms with Gasteiger partial charge in [0.25, 0.3) is 0 Å². The summed E-state index contributed by atoms with van der Waals surface area (Å²) in [5, 5.41) is 7.41. The fraction of sp³-hybridized carbons (Fsp3) is 0.368. The van der Waals surface area contributed by atoms with Crippen LogP contribution in [0.4, 0.5) is 10.1 Å². The van der Waals surface area contributed by atoms with Crippen molar-refractivity contribution in [2.45, 2.75) is 19.8 Å². The van der Waals surface area contributed by atoms with Gasteiger partial charge in [0.2, 0.25) is 0 Å². The molecule has 4 nitrogen and oxygen atoms in total. The van der Waals surface area contributed by atoms with Gasteiger partial charge in [-0.1, -0.05) is 13.3 Å². The minimum absolute atomic E-state index is 0.250. The Balaban J connectivity index is 1.75. The van der Waals surface area contributed by atoms with Crippen LogP contribution < -0.4 is 4.90 Å². The second-order valence-electron chi connectivity index (χ2n) is 5.98. The predicted octanol–water partition coefficient (Wildman–Crippen LogP) is 3.83. The van der Waals surface area contributed by atoms with Gasteiger partial charge in [0.15, 0.2) is 0 Å². The van der Waals surface area contributed by atoms with E-state index in [0.29, 0.717) is 13.2 Å². The van der Waals surface area contributed by atoms with Crippen molar-refractivity contribution in [3.05, 3.63) is 47.3 Å². The number of aliphatic imine (C=N–C) groups is 1. The molecule has 1 aromatic carbocycles. The summed E-state index contributed by atoms with van der Waals surface area (Å²) in [6, 6.07) is 5.06. The lowest BCUT2D eigenvalue weighted by Gasteiger charge is -2.29. The Bertz CT molecular complexity index is 715. The standard InChI is InChI=1S/C19H22FN3O/c1-2-3-14(13-21)8-17-12-19(22-17)15-9-16(20)11-18(10-15)23-4-6-24-7-5-23/h8-13,21H,2-7H2,1H3/b14-8-,21-13?. The highest BCUT2D eigenvalue weighted by Crippen LogP contribution is 2.29. The largest absolute Gasteiger partial charge is 0.378 e. The number of anilines is 1. The summed E-state index contributed by atoms with van der Waals surface area (Å²) in [6.45, 7) is 4.98. The van der Waals surface area contributed by atoms with Gasteiger partial charge in [0.1, 0.15) is 5.82 Å². The molecule has 0 atom stereocenters. The molecular formula is C19H22FN3O. The van der Waals surface area contributed by atoms with Gasteiger partial charge in [-0.15, -0.1) is 0 Å². The lowest BCUT2D eigenvalue weighted by Crippen LogP contribution is -2.36. The molecule has 0 aromatic heterocycles. The summed E-state index contributed by atoms with van der Waals surface area (Å²) >= 11 is 0. The second-order valence-corrected chi connectivity index (χ2v) is 5.98. The molecule has 2 aliphatic heterocycles. The van der Waals surface area contributed by atoms with E-state index in [4.69, 9.17) is 10.1 Å². The van der Waals surface area contributed by atoms with E-state index in [2.05, 4.69) is 16.8 Å². The first-order valence-electron chi connectivity index (χ1n) is 8.34. The molecule has 1 N–H and O–H groups in total. The van der Waals surface area contributed by atoms with Crippen molar-refractivity contribution in [2.75, 3.05) is 31.2 Å². The molecule has 3 rings (SSSR count). The van der Waals surface area contributed by atoms with Gasteiger partial charge in [-0.05, 0) is 42.3 Å². The first-order valence-corrected chi connectivity index (χ1v) is 8.34. The minimum atomic E-state index is -0.250. The lowest BCUT2D eigenvalue weighted by molar-refractivity contribution is 0.122. The van der Waals surface area contributed by atoms with Crippen molar-refractivity contribution in [1.82, 2.24) is 0 Å². The van der Waals surface area contributed by atoms with Gasteiger partial charge in [0, 0.05) is 30.6 Å². The van der Waals surface area contributed by atoms with Crippen LogP contribution >= 0.6 is 0 Å². The van der Waals surface area contributed by atoms with Crippen molar-refractivity contribution >= 4 is 23.3 Å². The average molecular weight is 327 g/mol. The van der Waals surface area contributed by atoms with Gasteiger partial charge >= 0.3 is 0 Å². The molecule has 1 saturated heterocycles. The van der Waals surface area contributed by atoms with Crippen LogP contribution in [0, 0.1) is 11.2 Å². The maximum Gasteiger partial charge on any atom is 0.125 e. The van der Waals surface area contributed by atoms with E-state index in [1.54, 1.807) is 6.07 Å². The Kier molecular flexibility index (Phi) is 5.20. The van der Waals surface area contributed by atoms with E-state index in [1.807, 2.05) is 18.2 Å². The Morgan fingerprint density at radius 1 is 1.33 bits per heavy atom. The quantitative estimate of drug-likeness (QED) is 0.807. The van der Waals surface area contributed by atoms with Crippen LogP contribution in [0.1, 0.15) is 25.3 Å². The molecule has 0 aliphatic carbocycles. The molecule has 1 aromatic rings. The number of hydrogen-bond donors (Lipinski definition) is 1. The number of halogens is 1. The highest BCUT2D eigenvalue weighted by atomic mass is 19.1. The van der Waals surface area contributed by atoms with Gasteiger partial charge in [-0.2, -0.15) is 0 Å². The predicted molar refractivity (Wildman–Crippen MR) is 96.6 cm³/mol. The molecule has 0 unspecified atom stereocenters. The van der Waals surface area contributed by atoms with E-state index in [0.717, 1.165) is 54.2 Å². The number of ether oxygens (including phenoxy) is 1. The summed E-state index contributed by atoms with van der Waals surface area (Å²) in [7, 11) is 0.